The molecule has 7 rings (SSSR count). The Hall–Kier alpha value is -4.70. The first-order valence-corrected chi connectivity index (χ1v) is 56.0. The van der Waals surface area contributed by atoms with Gasteiger partial charge >= 0.3 is 119 Å². The van der Waals surface area contributed by atoms with E-state index in [1.165, 1.54) is 30.3 Å². The Morgan fingerprint density at radius 1 is 0.522 bits per heavy atom. The van der Waals surface area contributed by atoms with Gasteiger partial charge in [0.15, 0.2) is 13.2 Å². The van der Waals surface area contributed by atoms with Crippen LogP contribution in [0.25, 0.3) is 0 Å². The Labute approximate surface area is 925 Å². The number of carbonyl (C=O) groups excluding carboxylic acids is 1. The van der Waals surface area contributed by atoms with Crippen molar-refractivity contribution in [2.75, 3.05) is 139 Å². The average molecular weight is 2330 g/mol. The average Bonchev–Trinajstić information content (AvgIpc) is 0.883. The molecule has 0 fully saturated rings. The van der Waals surface area contributed by atoms with Crippen molar-refractivity contribution in [2.24, 2.45) is 52.0 Å². The summed E-state index contributed by atoms with van der Waals surface area (Å²) >= 11 is 14.3. The molecule has 0 bridgehead atoms. The number of rotatable bonds is 36. The number of ether oxygens (including phenoxy) is 6. The summed E-state index contributed by atoms with van der Waals surface area (Å²) in [6.07, 6.45) is 9.47. The van der Waals surface area contributed by atoms with Crippen molar-refractivity contribution in [3.05, 3.63) is 137 Å². The number of carbonyl (C=O) groups is 1. The van der Waals surface area contributed by atoms with Gasteiger partial charge in [-0.05, 0) is 147 Å². The van der Waals surface area contributed by atoms with Crippen LogP contribution < -0.4 is 182 Å². The van der Waals surface area contributed by atoms with Gasteiger partial charge in [-0.25, -0.2) is 59.1 Å². The number of nitrogen functional groups attached to an aromatic ring is 1. The molecule has 0 aliphatic carbocycles. The van der Waals surface area contributed by atoms with Crippen LogP contribution in [-0.2, 0) is 107 Å². The van der Waals surface area contributed by atoms with Crippen LogP contribution in [0.2, 0.25) is 0 Å². The van der Waals surface area contributed by atoms with Gasteiger partial charge in [-0.15, -0.1) is 58.9 Å². The number of nitrogens with zero attached hydrogens (tertiary/aromatic N) is 5. The number of aliphatic imine (C=N–C) groups is 1. The molecule has 52 heteroatoms. The Morgan fingerprint density at radius 2 is 0.794 bits per heavy atom. The van der Waals surface area contributed by atoms with Crippen LogP contribution in [0, 0.1) is 58.2 Å². The van der Waals surface area contributed by atoms with E-state index in [1.54, 1.807) is 82.0 Å². The first-order valence-electron chi connectivity index (χ1n) is 40.6. The molecule has 1 aliphatic heterocycles. The maximum atomic E-state index is 13.4. The number of phenols is 1. The van der Waals surface area contributed by atoms with Crippen LogP contribution >= 0.6 is 69.6 Å². The smallest absolute Gasteiger partial charge is 1.00 e. The number of phenolic OH excluding ortho intramolecular Hbond substituents is 1. The number of anilines is 6. The van der Waals surface area contributed by atoms with E-state index < -0.39 is 72.3 Å². The second-order valence-corrected chi connectivity index (χ2v) is 49.7. The zero-order valence-corrected chi connectivity index (χ0v) is 98.7. The van der Waals surface area contributed by atoms with Crippen LogP contribution in [0.1, 0.15) is 125 Å². The van der Waals surface area contributed by atoms with E-state index >= 15 is 0 Å². The van der Waals surface area contributed by atoms with Crippen molar-refractivity contribution in [2.45, 2.75) is 142 Å². The number of benzene rings is 6. The van der Waals surface area contributed by atoms with Crippen LogP contribution in [0.5, 0.6) is 40.2 Å². The van der Waals surface area contributed by atoms with Crippen molar-refractivity contribution >= 4 is 178 Å². The molecule has 0 aromatic heterocycles. The number of sulfonamides is 5. The van der Waals surface area contributed by atoms with Crippen molar-refractivity contribution in [3.8, 4) is 52.4 Å². The summed E-state index contributed by atoms with van der Waals surface area (Å²) in [4.78, 5) is 15.5. The number of hydrogen-bond acceptors (Lipinski definition) is 29. The molecule has 11 N–H and O–H groups in total. The van der Waals surface area contributed by atoms with Gasteiger partial charge in [0.2, 0.25) is 59.2 Å². The molecule has 34 nitrogen and oxygen atoms in total. The molecule has 1 aliphatic rings. The molecule has 6 aromatic carbocycles. The molecule has 0 atom stereocenters. The van der Waals surface area contributed by atoms with E-state index in [9.17, 15) is 73.2 Å². The fourth-order valence-electron chi connectivity index (χ4n) is 11.2. The van der Waals surface area contributed by atoms with E-state index in [0.29, 0.717) is 137 Å². The van der Waals surface area contributed by atoms with Gasteiger partial charge in [-0.3, -0.25) is 24.0 Å². The van der Waals surface area contributed by atoms with Gasteiger partial charge < -0.3 is 67.6 Å². The third-order valence-electron chi connectivity index (χ3n) is 15.6. The number of hydrogen-bond donors (Lipinski definition) is 8. The zero-order chi connectivity index (χ0) is 104. The molecule has 0 saturated carbocycles. The van der Waals surface area contributed by atoms with Crippen molar-refractivity contribution in [3.63, 3.8) is 0 Å². The van der Waals surface area contributed by atoms with Crippen LogP contribution in [0.3, 0.4) is 0 Å². The number of aromatic hydroxyl groups is 1. The summed E-state index contributed by atoms with van der Waals surface area (Å²) in [6.45, 7) is 22.0. The Bertz CT molecular complexity index is 5310. The molecule has 0 spiro atoms. The van der Waals surface area contributed by atoms with Crippen molar-refractivity contribution < 1.29 is 221 Å². The first-order chi connectivity index (χ1) is 61.9. The molecule has 6 aromatic rings. The summed E-state index contributed by atoms with van der Waals surface area (Å²) in [5.74, 6) is 6.83. The van der Waals surface area contributed by atoms with Gasteiger partial charge in [-0.2, -0.15) is 28.1 Å². The molecule has 764 valence electrons. The van der Waals surface area contributed by atoms with Gasteiger partial charge in [0.1, 0.15) is 64.8 Å². The molecule has 0 saturated heterocycles. The largest absolute Gasteiger partial charge is 1.00 e. The number of nitriles is 2. The predicted octanol–water partition coefficient (Wildman–Crippen LogP) is 8.95. The third-order valence-corrected chi connectivity index (χ3v) is 19.5. The Balaban J connectivity index is -0.000000284. The molecule has 136 heavy (non-hydrogen) atoms. The molecular formula is C84H132BBr3Cl2F4K2N12O22S6. The summed E-state index contributed by atoms with van der Waals surface area (Å²) < 4.78 is 227. The summed E-state index contributed by atoms with van der Waals surface area (Å²) in [7, 11) is -12.0. The molecule has 0 radical (unpaired) electrons. The maximum absolute atomic E-state index is 13.4. The summed E-state index contributed by atoms with van der Waals surface area (Å²) in [6, 6.07) is 31.6. The fourth-order valence-corrected chi connectivity index (χ4v) is 14.6. The summed E-state index contributed by atoms with van der Waals surface area (Å²) in [5.41, 5.74) is 22.0. The number of amidine groups is 1. The van der Waals surface area contributed by atoms with Gasteiger partial charge in [-0.1, -0.05) is 120 Å². The standard InChI is InChI=1S/C16H23F2N3O3S.C14H18F2N2O3S.C13H18N2O3S.C12H19NO3S.C12H19NO2.C11H17NO3S.C2H5Cl.C2H8N2.CH3ClO2S.CH2O3.BBr3.2K.H/c1-11(2)9-12-13(21(16(17)18)25(3,22)23)5-4-6-14(12)24-10-15-19-7-8-20-15;1-10(2)9-11-12(18(14(15)16)22(3,19)20)5-4-6-13(11)21-8-7-17;1-10(2)9-11-12(15-19(3,16)17)5-4-6-13(11)18-8-7-14;1-9(2)8-10-11(13-17(4,14)15)6-5-7-12(10)16-3;1-8(2)7-9-10(14-3)5-6-11(15-4)12(9)13;1-8(2)7-9-10(12-16(3,14)15)5-4-6-11(9)13;1-2-3;3-1-2-4;1-5(2,3)4;2-1-4-3;2-1(3)4;;;/h4-6,11,16H,7-10H2,1-3H3,(H,19,20);4-6,10,14H,8-9H2,1-3H3;4-6,10,15H,8-9H2,1-3H3;5-7,9,13H,8H2,1-4H3;5-6,8H,7,13H2,1-4H3;4-6,8,12-13H,7H2,1-3H3;2H2,1H3;1-4H2;1H3;1,3H;;;;/q;;;;;;;;;;;2*+1;-1/p-1. The predicted molar refractivity (Wildman–Crippen MR) is 542 cm³/mol. The van der Waals surface area contributed by atoms with Gasteiger partial charge in [0.25, 0.3) is 6.47 Å². The van der Waals surface area contributed by atoms with E-state index in [2.05, 4.69) is 115 Å². The zero-order valence-electron chi connectivity index (χ0n) is 82.3. The fraction of sp³-hybridized carbons (Fsp3) is 0.524. The summed E-state index contributed by atoms with van der Waals surface area (Å²) in [5, 5.41) is 38.4. The quantitative estimate of drug-likeness (QED) is 0.00209. The Kier molecular flexibility index (Phi) is 78.4. The van der Waals surface area contributed by atoms with Gasteiger partial charge in [0.05, 0.1) is 99.5 Å². The maximum Gasteiger partial charge on any atom is 1.00 e. The van der Waals surface area contributed by atoms with Gasteiger partial charge in [0, 0.05) is 69.6 Å². The number of halogens is 9. The SMILES string of the molecule is BrB(Br)Br.CC(C)Cc1c(NS(C)(=O)=O)cccc1OCC#N.CC(C)Cc1c(O)cccc1NS(C)(=O)=O.CC(C)Cc1c(OCC#N)cccc1N(C(F)F)S(C)(=O)=O.CC(C)Cc1c(OCC2=NCCN2)cccc1N(C(F)F)S(C)(=O)=O.CCCl.COc1ccc(OC)c(CC(C)C)c1N.COc1cccc(NS(C)(=O)=O)c1CC(C)C.CS(=O)(=O)Cl.NCCN.O=CO[O-].[H-].[K+].[K+]. The van der Waals surface area contributed by atoms with E-state index in [0.717, 1.165) is 85.2 Å². The second kappa shape index (κ2) is 75.1. The topological polar surface area (TPSA) is 522 Å². The minimum Gasteiger partial charge on any atom is -1.00 e. The van der Waals surface area contributed by atoms with Crippen molar-refractivity contribution in [1.82, 2.24) is 5.32 Å². The minimum absolute atomic E-state index is 0. The first kappa shape index (κ1) is 142. The second-order valence-electron chi connectivity index (χ2n) is 30.7. The third kappa shape index (κ3) is 67.7. The van der Waals surface area contributed by atoms with Crippen LogP contribution in [-0.4, -0.2) is 195 Å². The van der Waals surface area contributed by atoms with E-state index in [4.69, 9.17) is 77.8 Å². The Morgan fingerprint density at radius 3 is 1.08 bits per heavy atom. The van der Waals surface area contributed by atoms with Crippen molar-refractivity contribution in [1.29, 1.82) is 10.5 Å². The molecule has 0 amide bonds. The van der Waals surface area contributed by atoms with E-state index in [1.807, 2.05) is 86.6 Å². The molecule has 0 unspecified atom stereocenters. The number of alkyl halides is 5. The van der Waals surface area contributed by atoms with E-state index in [-0.39, 0.29) is 177 Å². The normalized spacial score (nSPS) is 11.2. The van der Waals surface area contributed by atoms with Crippen LogP contribution in [0.15, 0.2) is 108 Å². The monoisotopic (exact) mass is 2320 g/mol. The number of nitrogens with two attached hydrogens (primary N) is 3. The number of methoxy groups -OCH3 is 3. The minimum atomic E-state index is -4.15. The number of nitrogens with one attached hydrogen (secondary N) is 4. The molecular weight excluding hydrogens is 2200 g/mol. The van der Waals surface area contributed by atoms with Crippen LogP contribution in [0.4, 0.5) is 51.7 Å². The molecule has 1 heterocycles.